The normalized spacial score (nSPS) is 11.3. The molecule has 0 aliphatic rings. The number of thiazole rings is 1. The molecule has 0 aromatic carbocycles. The van der Waals surface area contributed by atoms with E-state index in [1.807, 2.05) is 22.2 Å². The van der Waals surface area contributed by atoms with E-state index in [9.17, 15) is 4.79 Å². The molecular formula is C14H21N3O2S. The zero-order valence-corrected chi connectivity index (χ0v) is 12.8. The summed E-state index contributed by atoms with van der Waals surface area (Å²) in [5.74, 6) is 0.569. The quantitative estimate of drug-likeness (QED) is 0.759. The van der Waals surface area contributed by atoms with Gasteiger partial charge in [0.05, 0.1) is 12.1 Å². The molecule has 0 unspecified atom stereocenters. The van der Waals surface area contributed by atoms with Crippen LogP contribution in [0.4, 0.5) is 0 Å². The predicted molar refractivity (Wildman–Crippen MR) is 80.1 cm³/mol. The first kappa shape index (κ1) is 15.0. The summed E-state index contributed by atoms with van der Waals surface area (Å²) in [5, 5.41) is 4.87. The standard InChI is InChI=1S/C14H21N3O2S/c1-11(2)10-19-6-3-4-15-13(18)8-12-9-17-5-7-20-14(17)16-12/h5,7,9,11H,3-4,6,8,10H2,1-2H3,(H,15,18). The summed E-state index contributed by atoms with van der Waals surface area (Å²) in [6, 6.07) is 0. The molecule has 0 atom stereocenters. The van der Waals surface area contributed by atoms with Gasteiger partial charge >= 0.3 is 0 Å². The first-order chi connectivity index (χ1) is 9.65. The Hall–Kier alpha value is -1.40. The highest BCUT2D eigenvalue weighted by Gasteiger charge is 2.07. The van der Waals surface area contributed by atoms with E-state index in [0.29, 0.717) is 25.5 Å². The number of imidazole rings is 1. The lowest BCUT2D eigenvalue weighted by atomic mass is 10.2. The lowest BCUT2D eigenvalue weighted by Crippen LogP contribution is -2.27. The summed E-state index contributed by atoms with van der Waals surface area (Å²) in [6.45, 7) is 6.37. The number of hydrogen-bond donors (Lipinski definition) is 1. The van der Waals surface area contributed by atoms with E-state index in [1.54, 1.807) is 11.3 Å². The highest BCUT2D eigenvalue weighted by Crippen LogP contribution is 2.11. The Morgan fingerprint density at radius 2 is 2.40 bits per heavy atom. The van der Waals surface area contributed by atoms with Crippen molar-refractivity contribution in [2.24, 2.45) is 5.92 Å². The van der Waals surface area contributed by atoms with E-state index in [4.69, 9.17) is 4.74 Å². The Morgan fingerprint density at radius 3 is 3.15 bits per heavy atom. The monoisotopic (exact) mass is 295 g/mol. The number of hydrogen-bond acceptors (Lipinski definition) is 4. The van der Waals surface area contributed by atoms with E-state index >= 15 is 0 Å². The molecule has 2 heterocycles. The SMILES string of the molecule is CC(C)COCCCNC(=O)Cc1cn2ccsc2n1. The first-order valence-electron chi connectivity index (χ1n) is 6.90. The molecule has 0 saturated heterocycles. The van der Waals surface area contributed by atoms with Gasteiger partial charge in [-0.3, -0.25) is 9.20 Å². The summed E-state index contributed by atoms with van der Waals surface area (Å²) in [7, 11) is 0. The van der Waals surface area contributed by atoms with Crippen molar-refractivity contribution < 1.29 is 9.53 Å². The molecule has 2 aromatic rings. The number of fused-ring (bicyclic) bond motifs is 1. The maximum Gasteiger partial charge on any atom is 0.226 e. The maximum absolute atomic E-state index is 11.8. The second kappa shape index (κ2) is 7.40. The minimum Gasteiger partial charge on any atom is -0.381 e. The van der Waals surface area contributed by atoms with Crippen molar-refractivity contribution in [1.29, 1.82) is 0 Å². The molecule has 0 bridgehead atoms. The Balaban J connectivity index is 1.62. The fourth-order valence-corrected chi connectivity index (χ4v) is 2.53. The number of rotatable bonds is 8. The fourth-order valence-electron chi connectivity index (χ4n) is 1.81. The van der Waals surface area contributed by atoms with E-state index in [2.05, 4.69) is 24.1 Å². The lowest BCUT2D eigenvalue weighted by molar-refractivity contribution is -0.120. The zero-order valence-electron chi connectivity index (χ0n) is 12.0. The third-order valence-electron chi connectivity index (χ3n) is 2.72. The van der Waals surface area contributed by atoms with Gasteiger partial charge in [-0.25, -0.2) is 4.98 Å². The van der Waals surface area contributed by atoms with Crippen molar-refractivity contribution in [3.63, 3.8) is 0 Å². The summed E-state index contributed by atoms with van der Waals surface area (Å²) in [5.41, 5.74) is 0.811. The number of amides is 1. The van der Waals surface area contributed by atoms with Crippen LogP contribution in [0.2, 0.25) is 0 Å². The van der Waals surface area contributed by atoms with E-state index in [-0.39, 0.29) is 5.91 Å². The Bertz CT molecular complexity index is 519. The average molecular weight is 295 g/mol. The Morgan fingerprint density at radius 1 is 1.55 bits per heavy atom. The molecular weight excluding hydrogens is 274 g/mol. The molecule has 0 aliphatic carbocycles. The molecule has 1 amide bonds. The van der Waals surface area contributed by atoms with Crippen molar-refractivity contribution in [1.82, 2.24) is 14.7 Å². The van der Waals surface area contributed by atoms with E-state index in [0.717, 1.165) is 23.7 Å². The van der Waals surface area contributed by atoms with Crippen LogP contribution in [0.3, 0.4) is 0 Å². The maximum atomic E-state index is 11.8. The Kier molecular flexibility index (Phi) is 5.55. The molecule has 5 nitrogen and oxygen atoms in total. The number of carbonyl (C=O) groups excluding carboxylic acids is 1. The van der Waals surface area contributed by atoms with Crippen LogP contribution in [0.25, 0.3) is 4.96 Å². The van der Waals surface area contributed by atoms with Crippen LogP contribution >= 0.6 is 11.3 Å². The molecule has 110 valence electrons. The second-order valence-corrected chi connectivity index (χ2v) is 6.05. The minimum absolute atomic E-state index is 0.0135. The highest BCUT2D eigenvalue weighted by atomic mass is 32.1. The van der Waals surface area contributed by atoms with Gasteiger partial charge in [-0.05, 0) is 12.3 Å². The molecule has 0 saturated carbocycles. The van der Waals surface area contributed by atoms with Gasteiger partial charge in [-0.2, -0.15) is 0 Å². The van der Waals surface area contributed by atoms with Crippen LogP contribution in [0, 0.1) is 5.92 Å². The molecule has 0 fully saturated rings. The predicted octanol–water partition coefficient (Wildman–Crippen LogP) is 2.12. The van der Waals surface area contributed by atoms with E-state index in [1.165, 1.54) is 0 Å². The minimum atomic E-state index is 0.0135. The van der Waals surface area contributed by atoms with E-state index < -0.39 is 0 Å². The van der Waals surface area contributed by atoms with Gasteiger partial charge in [0.15, 0.2) is 4.96 Å². The van der Waals surface area contributed by atoms with Crippen LogP contribution in [-0.2, 0) is 16.0 Å². The van der Waals surface area contributed by atoms with Crippen LogP contribution in [0.1, 0.15) is 26.0 Å². The smallest absolute Gasteiger partial charge is 0.226 e. The molecule has 0 aliphatic heterocycles. The van der Waals surface area contributed by atoms with Gasteiger partial charge in [0.25, 0.3) is 0 Å². The summed E-state index contributed by atoms with van der Waals surface area (Å²) in [4.78, 5) is 17.1. The van der Waals surface area contributed by atoms with Gasteiger partial charge in [-0.1, -0.05) is 13.8 Å². The van der Waals surface area contributed by atoms with Gasteiger partial charge < -0.3 is 10.1 Å². The summed E-state index contributed by atoms with van der Waals surface area (Å²) >= 11 is 1.57. The van der Waals surface area contributed by atoms with Crippen molar-refractivity contribution in [2.45, 2.75) is 26.7 Å². The number of carbonyl (C=O) groups is 1. The van der Waals surface area contributed by atoms with Crippen molar-refractivity contribution in [2.75, 3.05) is 19.8 Å². The highest BCUT2D eigenvalue weighted by molar-refractivity contribution is 7.15. The molecule has 0 spiro atoms. The lowest BCUT2D eigenvalue weighted by Gasteiger charge is -2.07. The zero-order chi connectivity index (χ0) is 14.4. The van der Waals surface area contributed by atoms with Crippen LogP contribution in [0.15, 0.2) is 17.8 Å². The van der Waals surface area contributed by atoms with Crippen molar-refractivity contribution in [3.05, 3.63) is 23.5 Å². The van der Waals surface area contributed by atoms with Crippen LogP contribution in [0.5, 0.6) is 0 Å². The number of nitrogens with zero attached hydrogens (tertiary/aromatic N) is 2. The fraction of sp³-hybridized carbons (Fsp3) is 0.571. The number of ether oxygens (including phenoxy) is 1. The number of aromatic nitrogens is 2. The molecule has 1 N–H and O–H groups in total. The van der Waals surface area contributed by atoms with Crippen molar-refractivity contribution in [3.8, 4) is 0 Å². The molecule has 20 heavy (non-hydrogen) atoms. The van der Waals surface area contributed by atoms with Crippen LogP contribution in [-0.4, -0.2) is 35.1 Å². The van der Waals surface area contributed by atoms with Gasteiger partial charge in [-0.15, -0.1) is 11.3 Å². The largest absolute Gasteiger partial charge is 0.381 e. The topological polar surface area (TPSA) is 55.6 Å². The van der Waals surface area contributed by atoms with Crippen molar-refractivity contribution >= 4 is 22.2 Å². The molecule has 2 aromatic heterocycles. The molecule has 6 heteroatoms. The third kappa shape index (κ3) is 4.61. The van der Waals surface area contributed by atoms with Gasteiger partial charge in [0.1, 0.15) is 0 Å². The second-order valence-electron chi connectivity index (χ2n) is 5.17. The third-order valence-corrected chi connectivity index (χ3v) is 3.49. The average Bonchev–Trinajstić information content (AvgIpc) is 2.93. The van der Waals surface area contributed by atoms with Crippen LogP contribution < -0.4 is 5.32 Å². The first-order valence-corrected chi connectivity index (χ1v) is 7.78. The summed E-state index contributed by atoms with van der Waals surface area (Å²) < 4.78 is 7.40. The molecule has 0 radical (unpaired) electrons. The van der Waals surface area contributed by atoms with Gasteiger partial charge in [0.2, 0.25) is 5.91 Å². The number of nitrogens with one attached hydrogen (secondary N) is 1. The Labute approximate surface area is 123 Å². The summed E-state index contributed by atoms with van der Waals surface area (Å²) in [6.07, 6.45) is 5.02. The van der Waals surface area contributed by atoms with Gasteiger partial charge in [0, 0.05) is 37.5 Å². The molecule has 2 rings (SSSR count).